The van der Waals surface area contributed by atoms with E-state index in [2.05, 4.69) is 17.2 Å². The summed E-state index contributed by atoms with van der Waals surface area (Å²) in [6.45, 7) is 0.902. The van der Waals surface area contributed by atoms with Crippen molar-refractivity contribution in [3.05, 3.63) is 30.0 Å². The molecule has 0 N–H and O–H groups in total. The standard InChI is InChI=1S/C11H12N2O/c1-13-11(6-8-7-14-8)9-4-2-3-5-10(9)12-13/h2-5,8H,6-7H2,1H3. The number of hydrogen-bond acceptors (Lipinski definition) is 2. The molecule has 14 heavy (non-hydrogen) atoms. The summed E-state index contributed by atoms with van der Waals surface area (Å²) in [5.41, 5.74) is 2.36. The summed E-state index contributed by atoms with van der Waals surface area (Å²) in [6.07, 6.45) is 1.41. The highest BCUT2D eigenvalue weighted by Crippen LogP contribution is 2.22. The van der Waals surface area contributed by atoms with E-state index in [1.54, 1.807) is 0 Å². The van der Waals surface area contributed by atoms with Crippen molar-refractivity contribution in [2.45, 2.75) is 12.5 Å². The van der Waals surface area contributed by atoms with E-state index in [0.29, 0.717) is 6.10 Å². The molecule has 0 radical (unpaired) electrons. The van der Waals surface area contributed by atoms with E-state index in [1.165, 1.54) is 11.1 Å². The lowest BCUT2D eigenvalue weighted by Gasteiger charge is -1.98. The van der Waals surface area contributed by atoms with Crippen LogP contribution >= 0.6 is 0 Å². The Bertz CT molecular complexity index is 471. The average Bonchev–Trinajstić information content (AvgIpc) is 2.93. The maximum Gasteiger partial charge on any atom is 0.0926 e. The number of benzene rings is 1. The minimum Gasteiger partial charge on any atom is -0.373 e. The minimum atomic E-state index is 0.425. The van der Waals surface area contributed by atoms with Gasteiger partial charge in [0, 0.05) is 24.5 Å². The van der Waals surface area contributed by atoms with Gasteiger partial charge in [0.15, 0.2) is 0 Å². The molecule has 2 aromatic rings. The Balaban J connectivity index is 2.13. The van der Waals surface area contributed by atoms with E-state index in [9.17, 15) is 0 Å². The van der Waals surface area contributed by atoms with Gasteiger partial charge in [0.1, 0.15) is 0 Å². The molecular formula is C11H12N2O. The molecule has 1 aliphatic rings. The molecular weight excluding hydrogens is 176 g/mol. The van der Waals surface area contributed by atoms with E-state index in [4.69, 9.17) is 4.74 Å². The molecule has 1 fully saturated rings. The summed E-state index contributed by atoms with van der Waals surface area (Å²) < 4.78 is 7.21. The number of nitrogens with zero attached hydrogens (tertiary/aromatic N) is 2. The number of aryl methyl sites for hydroxylation is 1. The third-order valence-corrected chi connectivity index (χ3v) is 2.69. The molecule has 1 aromatic carbocycles. The van der Waals surface area contributed by atoms with Gasteiger partial charge in [-0.2, -0.15) is 5.10 Å². The van der Waals surface area contributed by atoms with Crippen LogP contribution in [0.25, 0.3) is 10.9 Å². The van der Waals surface area contributed by atoms with Gasteiger partial charge in [0.05, 0.1) is 18.2 Å². The summed E-state index contributed by atoms with van der Waals surface area (Å²) in [7, 11) is 2.00. The third-order valence-electron chi connectivity index (χ3n) is 2.69. The van der Waals surface area contributed by atoms with Crippen LogP contribution in [-0.2, 0) is 18.2 Å². The van der Waals surface area contributed by atoms with Crippen LogP contribution in [0.3, 0.4) is 0 Å². The number of hydrogen-bond donors (Lipinski definition) is 0. The first-order chi connectivity index (χ1) is 6.84. The normalized spacial score (nSPS) is 20.2. The molecule has 1 unspecified atom stereocenters. The van der Waals surface area contributed by atoms with Gasteiger partial charge < -0.3 is 4.74 Å². The van der Waals surface area contributed by atoms with E-state index in [-0.39, 0.29) is 0 Å². The van der Waals surface area contributed by atoms with Crippen molar-refractivity contribution in [3.8, 4) is 0 Å². The summed E-state index contributed by atoms with van der Waals surface area (Å²) in [4.78, 5) is 0. The molecule has 3 nitrogen and oxygen atoms in total. The second kappa shape index (κ2) is 2.82. The lowest BCUT2D eigenvalue weighted by atomic mass is 10.1. The van der Waals surface area contributed by atoms with E-state index < -0.39 is 0 Å². The van der Waals surface area contributed by atoms with Crippen molar-refractivity contribution in [1.29, 1.82) is 0 Å². The predicted molar refractivity (Wildman–Crippen MR) is 54.2 cm³/mol. The van der Waals surface area contributed by atoms with Crippen molar-refractivity contribution in [2.75, 3.05) is 6.61 Å². The number of fused-ring (bicyclic) bond motifs is 1. The van der Waals surface area contributed by atoms with Gasteiger partial charge in [0.25, 0.3) is 0 Å². The third kappa shape index (κ3) is 1.21. The lowest BCUT2D eigenvalue weighted by Crippen LogP contribution is -2.02. The van der Waals surface area contributed by atoms with Crippen LogP contribution in [0.5, 0.6) is 0 Å². The first-order valence-electron chi connectivity index (χ1n) is 4.87. The summed E-state index contributed by atoms with van der Waals surface area (Å²) in [5.74, 6) is 0. The molecule has 0 saturated carbocycles. The van der Waals surface area contributed by atoms with Crippen molar-refractivity contribution < 1.29 is 4.74 Å². The Labute approximate surface area is 82.3 Å². The van der Waals surface area contributed by atoms with E-state index >= 15 is 0 Å². The Morgan fingerprint density at radius 1 is 1.50 bits per heavy atom. The van der Waals surface area contributed by atoms with Crippen LogP contribution in [0.1, 0.15) is 5.69 Å². The highest BCUT2D eigenvalue weighted by atomic mass is 16.6. The van der Waals surface area contributed by atoms with Gasteiger partial charge in [-0.3, -0.25) is 4.68 Å². The molecule has 0 aliphatic carbocycles. The van der Waals surface area contributed by atoms with Crippen LogP contribution in [0.4, 0.5) is 0 Å². The number of rotatable bonds is 2. The van der Waals surface area contributed by atoms with Crippen LogP contribution in [0.15, 0.2) is 24.3 Å². The molecule has 0 spiro atoms. The fourth-order valence-electron chi connectivity index (χ4n) is 1.84. The van der Waals surface area contributed by atoms with Crippen molar-refractivity contribution in [3.63, 3.8) is 0 Å². The van der Waals surface area contributed by atoms with Gasteiger partial charge in [-0.1, -0.05) is 18.2 Å². The minimum absolute atomic E-state index is 0.425. The second-order valence-electron chi connectivity index (χ2n) is 3.75. The topological polar surface area (TPSA) is 30.4 Å². The van der Waals surface area contributed by atoms with Crippen LogP contribution < -0.4 is 0 Å². The predicted octanol–water partition coefficient (Wildman–Crippen LogP) is 1.51. The van der Waals surface area contributed by atoms with Gasteiger partial charge in [-0.05, 0) is 6.07 Å². The largest absolute Gasteiger partial charge is 0.373 e. The zero-order valence-electron chi connectivity index (χ0n) is 8.10. The van der Waals surface area contributed by atoms with E-state index in [0.717, 1.165) is 18.5 Å². The first-order valence-corrected chi connectivity index (χ1v) is 4.87. The molecule has 1 saturated heterocycles. The maximum absolute atomic E-state index is 5.24. The molecule has 1 aromatic heterocycles. The Morgan fingerprint density at radius 2 is 2.29 bits per heavy atom. The van der Waals surface area contributed by atoms with Crippen LogP contribution in [-0.4, -0.2) is 22.5 Å². The van der Waals surface area contributed by atoms with Crippen molar-refractivity contribution in [2.24, 2.45) is 7.05 Å². The molecule has 2 heterocycles. The van der Waals surface area contributed by atoms with Crippen molar-refractivity contribution in [1.82, 2.24) is 9.78 Å². The van der Waals surface area contributed by atoms with Crippen molar-refractivity contribution >= 4 is 10.9 Å². The Kier molecular flexibility index (Phi) is 1.61. The monoisotopic (exact) mass is 188 g/mol. The van der Waals surface area contributed by atoms with Gasteiger partial charge in [0.2, 0.25) is 0 Å². The highest BCUT2D eigenvalue weighted by Gasteiger charge is 2.25. The summed E-state index contributed by atoms with van der Waals surface area (Å²) in [5, 5.41) is 5.71. The number of ether oxygens (including phenoxy) is 1. The average molecular weight is 188 g/mol. The van der Waals surface area contributed by atoms with Gasteiger partial charge >= 0.3 is 0 Å². The Morgan fingerprint density at radius 3 is 3.07 bits per heavy atom. The first kappa shape index (κ1) is 8.00. The fraction of sp³-hybridized carbons (Fsp3) is 0.364. The fourth-order valence-corrected chi connectivity index (χ4v) is 1.84. The molecule has 3 rings (SSSR count). The van der Waals surface area contributed by atoms with Gasteiger partial charge in [-0.15, -0.1) is 0 Å². The number of aromatic nitrogens is 2. The second-order valence-corrected chi connectivity index (χ2v) is 3.75. The molecule has 1 aliphatic heterocycles. The van der Waals surface area contributed by atoms with Gasteiger partial charge in [-0.25, -0.2) is 0 Å². The molecule has 1 atom stereocenters. The quantitative estimate of drug-likeness (QED) is 0.669. The van der Waals surface area contributed by atoms with Crippen LogP contribution in [0, 0.1) is 0 Å². The maximum atomic E-state index is 5.24. The SMILES string of the molecule is Cn1nc2ccccc2c1CC1CO1. The van der Waals surface area contributed by atoms with Crippen LogP contribution in [0.2, 0.25) is 0 Å². The summed E-state index contributed by atoms with van der Waals surface area (Å²) >= 11 is 0. The smallest absolute Gasteiger partial charge is 0.0926 e. The highest BCUT2D eigenvalue weighted by molar-refractivity contribution is 5.81. The molecule has 3 heteroatoms. The summed E-state index contributed by atoms with van der Waals surface area (Å²) in [6, 6.07) is 8.25. The zero-order valence-corrected chi connectivity index (χ0v) is 8.10. The molecule has 0 bridgehead atoms. The Hall–Kier alpha value is -1.35. The number of epoxide rings is 1. The zero-order chi connectivity index (χ0) is 9.54. The molecule has 0 amide bonds. The van der Waals surface area contributed by atoms with E-state index in [1.807, 2.05) is 23.9 Å². The molecule has 72 valence electrons. The lowest BCUT2D eigenvalue weighted by molar-refractivity contribution is 0.404.